The number of rotatable bonds is 4. The molecule has 0 aliphatic carbocycles. The predicted octanol–water partition coefficient (Wildman–Crippen LogP) is 6.21. The molecule has 0 fully saturated rings. The fourth-order valence-electron chi connectivity index (χ4n) is 2.14. The molecule has 1 nitrogen and oxygen atoms in total. The predicted molar refractivity (Wildman–Crippen MR) is 100 cm³/mol. The minimum Gasteiger partial charge on any atom is -0.256 e. The Kier molecular flexibility index (Phi) is 4.94. The van der Waals surface area contributed by atoms with Crippen molar-refractivity contribution in [2.75, 3.05) is 0 Å². The quantitative estimate of drug-likeness (QED) is 0.521. The molecule has 0 heterocycles. The molecule has 0 aromatic heterocycles. The first-order valence-corrected chi connectivity index (χ1v) is 8.46. The summed E-state index contributed by atoms with van der Waals surface area (Å²) in [5, 5.41) is 0. The molecule has 3 rings (SSSR count). The molecular formula is C21H19NS. The normalized spacial score (nSPS) is 11.0. The molecule has 0 aliphatic heterocycles. The zero-order valence-electron chi connectivity index (χ0n) is 13.4. The SMILES string of the molecule is Cc1ccc(N=Cc2ccc(Sc3ccc(C)cc3)cc2)cc1. The monoisotopic (exact) mass is 317 g/mol. The van der Waals surface area contributed by atoms with Crippen LogP contribution in [0.4, 0.5) is 5.69 Å². The van der Waals surface area contributed by atoms with Crippen LogP contribution in [0.5, 0.6) is 0 Å². The molecule has 2 heteroatoms. The average molecular weight is 317 g/mol. The van der Waals surface area contributed by atoms with Crippen molar-refractivity contribution in [2.45, 2.75) is 23.6 Å². The van der Waals surface area contributed by atoms with Gasteiger partial charge in [0.15, 0.2) is 0 Å². The van der Waals surface area contributed by atoms with Crippen LogP contribution in [0.25, 0.3) is 0 Å². The highest BCUT2D eigenvalue weighted by molar-refractivity contribution is 7.99. The van der Waals surface area contributed by atoms with Crippen LogP contribution in [0, 0.1) is 13.8 Å². The highest BCUT2D eigenvalue weighted by Crippen LogP contribution is 2.27. The number of benzene rings is 3. The van der Waals surface area contributed by atoms with Gasteiger partial charge in [-0.2, -0.15) is 0 Å². The van der Waals surface area contributed by atoms with Crippen molar-refractivity contribution in [2.24, 2.45) is 4.99 Å². The van der Waals surface area contributed by atoms with E-state index in [0.717, 1.165) is 11.3 Å². The van der Waals surface area contributed by atoms with Gasteiger partial charge in [0.2, 0.25) is 0 Å². The van der Waals surface area contributed by atoms with Gasteiger partial charge in [-0.1, -0.05) is 59.3 Å². The van der Waals surface area contributed by atoms with Crippen LogP contribution in [-0.4, -0.2) is 6.21 Å². The molecular weight excluding hydrogens is 298 g/mol. The van der Waals surface area contributed by atoms with E-state index in [1.165, 1.54) is 20.9 Å². The van der Waals surface area contributed by atoms with Gasteiger partial charge in [0.25, 0.3) is 0 Å². The number of nitrogens with zero attached hydrogens (tertiary/aromatic N) is 1. The van der Waals surface area contributed by atoms with Crippen LogP contribution < -0.4 is 0 Å². The minimum absolute atomic E-state index is 0.980. The van der Waals surface area contributed by atoms with Gasteiger partial charge in [-0.3, -0.25) is 4.99 Å². The van der Waals surface area contributed by atoms with Crippen molar-refractivity contribution in [3.63, 3.8) is 0 Å². The average Bonchev–Trinajstić information content (AvgIpc) is 2.58. The Hall–Kier alpha value is -2.32. The Morgan fingerprint density at radius 3 is 1.70 bits per heavy atom. The molecule has 0 atom stereocenters. The van der Waals surface area contributed by atoms with Gasteiger partial charge < -0.3 is 0 Å². The van der Waals surface area contributed by atoms with E-state index in [4.69, 9.17) is 0 Å². The number of aryl methyl sites for hydroxylation is 2. The summed E-state index contributed by atoms with van der Waals surface area (Å²) in [6.45, 7) is 4.19. The second kappa shape index (κ2) is 7.30. The van der Waals surface area contributed by atoms with E-state index in [9.17, 15) is 0 Å². The zero-order valence-corrected chi connectivity index (χ0v) is 14.2. The molecule has 0 spiro atoms. The minimum atomic E-state index is 0.980. The summed E-state index contributed by atoms with van der Waals surface area (Å²) >= 11 is 1.78. The Morgan fingerprint density at radius 2 is 1.13 bits per heavy atom. The van der Waals surface area contributed by atoms with E-state index < -0.39 is 0 Å². The summed E-state index contributed by atoms with van der Waals surface area (Å²) in [5.41, 5.74) is 4.63. The van der Waals surface area contributed by atoms with Crippen LogP contribution in [0.1, 0.15) is 16.7 Å². The number of hydrogen-bond donors (Lipinski definition) is 0. The molecule has 114 valence electrons. The largest absolute Gasteiger partial charge is 0.256 e. The van der Waals surface area contributed by atoms with Crippen molar-refractivity contribution < 1.29 is 0 Å². The number of aliphatic imine (C=N–C) groups is 1. The van der Waals surface area contributed by atoms with Crippen LogP contribution in [0.3, 0.4) is 0 Å². The van der Waals surface area contributed by atoms with E-state index in [1.807, 2.05) is 18.3 Å². The lowest BCUT2D eigenvalue weighted by molar-refractivity contribution is 1.36. The first-order chi connectivity index (χ1) is 11.2. The molecule has 0 unspecified atom stereocenters. The topological polar surface area (TPSA) is 12.4 Å². The van der Waals surface area contributed by atoms with E-state index in [-0.39, 0.29) is 0 Å². The van der Waals surface area contributed by atoms with Gasteiger partial charge in [-0.05, 0) is 55.8 Å². The van der Waals surface area contributed by atoms with Crippen molar-refractivity contribution in [3.05, 3.63) is 89.5 Å². The third-order valence-electron chi connectivity index (χ3n) is 3.53. The second-order valence-corrected chi connectivity index (χ2v) is 6.72. The summed E-state index contributed by atoms with van der Waals surface area (Å²) < 4.78 is 0. The van der Waals surface area contributed by atoms with Gasteiger partial charge >= 0.3 is 0 Å². The van der Waals surface area contributed by atoms with E-state index in [1.54, 1.807) is 11.8 Å². The summed E-state index contributed by atoms with van der Waals surface area (Å²) in [5.74, 6) is 0. The van der Waals surface area contributed by atoms with Crippen LogP contribution in [0.2, 0.25) is 0 Å². The van der Waals surface area contributed by atoms with E-state index >= 15 is 0 Å². The molecule has 3 aromatic carbocycles. The van der Waals surface area contributed by atoms with Gasteiger partial charge in [0, 0.05) is 16.0 Å². The Balaban J connectivity index is 1.67. The van der Waals surface area contributed by atoms with Gasteiger partial charge in [0.05, 0.1) is 5.69 Å². The van der Waals surface area contributed by atoms with E-state index in [2.05, 4.69) is 79.5 Å². The van der Waals surface area contributed by atoms with Gasteiger partial charge in [-0.25, -0.2) is 0 Å². The fraction of sp³-hybridized carbons (Fsp3) is 0.0952. The zero-order chi connectivity index (χ0) is 16.1. The lowest BCUT2D eigenvalue weighted by Crippen LogP contribution is -1.81. The molecule has 0 amide bonds. The lowest BCUT2D eigenvalue weighted by atomic mass is 10.2. The Labute approximate surface area is 142 Å². The molecule has 23 heavy (non-hydrogen) atoms. The molecule has 0 bridgehead atoms. The summed E-state index contributed by atoms with van der Waals surface area (Å²) in [6, 6.07) is 25.3. The molecule has 0 radical (unpaired) electrons. The summed E-state index contributed by atoms with van der Waals surface area (Å²) in [4.78, 5) is 7.01. The van der Waals surface area contributed by atoms with Crippen molar-refractivity contribution in [1.29, 1.82) is 0 Å². The summed E-state index contributed by atoms with van der Waals surface area (Å²) in [7, 11) is 0. The van der Waals surface area contributed by atoms with Gasteiger partial charge in [0.1, 0.15) is 0 Å². The number of hydrogen-bond acceptors (Lipinski definition) is 2. The highest BCUT2D eigenvalue weighted by atomic mass is 32.2. The Morgan fingerprint density at radius 1 is 0.652 bits per heavy atom. The van der Waals surface area contributed by atoms with Gasteiger partial charge in [-0.15, -0.1) is 0 Å². The van der Waals surface area contributed by atoms with Crippen LogP contribution in [0.15, 0.2) is 87.6 Å². The third-order valence-corrected chi connectivity index (χ3v) is 4.55. The molecule has 0 saturated heterocycles. The smallest absolute Gasteiger partial charge is 0.0630 e. The maximum Gasteiger partial charge on any atom is 0.0630 e. The van der Waals surface area contributed by atoms with Crippen LogP contribution >= 0.6 is 11.8 Å². The van der Waals surface area contributed by atoms with Crippen molar-refractivity contribution in [3.8, 4) is 0 Å². The maximum absolute atomic E-state index is 4.51. The highest BCUT2D eigenvalue weighted by Gasteiger charge is 1.97. The Bertz CT molecular complexity index is 785. The third kappa shape index (κ3) is 4.57. The maximum atomic E-state index is 4.51. The van der Waals surface area contributed by atoms with Crippen molar-refractivity contribution in [1.82, 2.24) is 0 Å². The molecule has 0 saturated carbocycles. The first kappa shape index (κ1) is 15.6. The fourth-order valence-corrected chi connectivity index (χ4v) is 2.96. The molecule has 0 N–H and O–H groups in total. The second-order valence-electron chi connectivity index (χ2n) is 5.58. The first-order valence-electron chi connectivity index (χ1n) is 7.64. The lowest BCUT2D eigenvalue weighted by Gasteiger charge is -2.03. The molecule has 3 aromatic rings. The van der Waals surface area contributed by atoms with E-state index in [0.29, 0.717) is 0 Å². The standard InChI is InChI=1S/C21H19NS/c1-16-3-9-19(10-4-16)22-15-18-7-13-21(14-8-18)23-20-11-5-17(2)6-12-20/h3-15H,1-2H3. The van der Waals surface area contributed by atoms with Crippen molar-refractivity contribution >= 4 is 23.7 Å². The van der Waals surface area contributed by atoms with Crippen LogP contribution in [-0.2, 0) is 0 Å². The molecule has 0 aliphatic rings. The summed E-state index contributed by atoms with van der Waals surface area (Å²) in [6.07, 6.45) is 1.91.